The Kier molecular flexibility index (Phi) is 7.91. The Balaban J connectivity index is 1.81. The van der Waals surface area contributed by atoms with Gasteiger partial charge in [0.2, 0.25) is 11.8 Å². The van der Waals surface area contributed by atoms with E-state index in [2.05, 4.69) is 20.4 Å². The predicted octanol–water partition coefficient (Wildman–Crippen LogP) is 2.85. The molecule has 1 aliphatic heterocycles. The molecule has 1 aliphatic rings. The molecule has 2 N–H and O–H groups in total. The molecule has 1 saturated heterocycles. The second kappa shape index (κ2) is 9.73. The van der Waals surface area contributed by atoms with E-state index in [-0.39, 0.29) is 23.9 Å². The fourth-order valence-electron chi connectivity index (χ4n) is 2.99. The molecular weight excluding hydrogens is 387 g/mol. The number of carbonyl (C=O) groups is 2. The van der Waals surface area contributed by atoms with Crippen molar-refractivity contribution in [2.24, 2.45) is 0 Å². The maximum Gasteiger partial charge on any atom is 0.238 e. The molecule has 1 aromatic rings. The summed E-state index contributed by atoms with van der Waals surface area (Å²) in [5, 5.41) is 6.78. The minimum Gasteiger partial charge on any atom is -0.350 e. The van der Waals surface area contributed by atoms with Crippen molar-refractivity contribution >= 4 is 40.7 Å². The number of rotatable bonds is 5. The maximum atomic E-state index is 12.3. The van der Waals surface area contributed by atoms with Gasteiger partial charge in [-0.05, 0) is 58.5 Å². The van der Waals surface area contributed by atoms with Crippen molar-refractivity contribution < 1.29 is 9.59 Å². The summed E-state index contributed by atoms with van der Waals surface area (Å²) in [6.07, 6.45) is 0.911. The summed E-state index contributed by atoms with van der Waals surface area (Å²) < 4.78 is 0. The Hall–Kier alpha value is -1.34. The minimum absolute atomic E-state index is 0.0318. The standard InChI is InChI=1S/C19H28Cl2N4O2/c1-19(2,3)23-18(27)13-25-8-4-7-24(9-10-25)12-17(26)22-16-11-14(20)5-6-15(16)21/h5-6,11H,4,7-10,12-13H2,1-3H3,(H,22,26)(H,23,27). The van der Waals surface area contributed by atoms with Crippen LogP contribution in [0.1, 0.15) is 27.2 Å². The average Bonchev–Trinajstić information content (AvgIpc) is 2.74. The first-order valence-corrected chi connectivity index (χ1v) is 9.88. The zero-order valence-corrected chi connectivity index (χ0v) is 17.7. The van der Waals surface area contributed by atoms with Gasteiger partial charge < -0.3 is 10.6 Å². The Morgan fingerprint density at radius 3 is 2.19 bits per heavy atom. The molecule has 0 spiro atoms. The van der Waals surface area contributed by atoms with Gasteiger partial charge >= 0.3 is 0 Å². The highest BCUT2D eigenvalue weighted by molar-refractivity contribution is 6.35. The van der Waals surface area contributed by atoms with Crippen LogP contribution in [0.15, 0.2) is 18.2 Å². The molecule has 8 heteroatoms. The summed E-state index contributed by atoms with van der Waals surface area (Å²) in [5.41, 5.74) is 0.291. The van der Waals surface area contributed by atoms with Crippen molar-refractivity contribution in [3.8, 4) is 0 Å². The number of hydrogen-bond acceptors (Lipinski definition) is 4. The molecule has 0 aromatic heterocycles. The van der Waals surface area contributed by atoms with Gasteiger partial charge in [-0.1, -0.05) is 23.2 Å². The van der Waals surface area contributed by atoms with Gasteiger partial charge in [-0.3, -0.25) is 19.4 Å². The smallest absolute Gasteiger partial charge is 0.238 e. The van der Waals surface area contributed by atoms with E-state index in [1.165, 1.54) is 0 Å². The first kappa shape index (κ1) is 22.0. The summed E-state index contributed by atoms with van der Waals surface area (Å²) in [7, 11) is 0. The molecule has 2 amide bonds. The lowest BCUT2D eigenvalue weighted by atomic mass is 10.1. The number of anilines is 1. The SMILES string of the molecule is CC(C)(C)NC(=O)CN1CCCN(CC(=O)Nc2cc(Cl)ccc2Cl)CC1. The van der Waals surface area contributed by atoms with E-state index in [0.717, 1.165) is 32.6 Å². The third-order valence-electron chi connectivity index (χ3n) is 4.13. The van der Waals surface area contributed by atoms with Crippen LogP contribution in [-0.4, -0.2) is 66.4 Å². The van der Waals surface area contributed by atoms with Gasteiger partial charge in [0.1, 0.15) is 0 Å². The van der Waals surface area contributed by atoms with Crippen LogP contribution >= 0.6 is 23.2 Å². The number of benzene rings is 1. The molecule has 0 atom stereocenters. The van der Waals surface area contributed by atoms with Gasteiger partial charge in [-0.2, -0.15) is 0 Å². The van der Waals surface area contributed by atoms with Crippen LogP contribution in [0.2, 0.25) is 10.0 Å². The number of carbonyl (C=O) groups excluding carboxylic acids is 2. The first-order valence-electron chi connectivity index (χ1n) is 9.13. The summed E-state index contributed by atoms with van der Waals surface area (Å²) in [6, 6.07) is 4.98. The lowest BCUT2D eigenvalue weighted by molar-refractivity contribution is -0.123. The third kappa shape index (κ3) is 8.05. The van der Waals surface area contributed by atoms with Crippen molar-refractivity contribution in [2.45, 2.75) is 32.7 Å². The first-order chi connectivity index (χ1) is 12.6. The second-order valence-corrected chi connectivity index (χ2v) is 8.72. The zero-order chi connectivity index (χ0) is 20.0. The molecule has 1 heterocycles. The van der Waals surface area contributed by atoms with Crippen LogP contribution in [-0.2, 0) is 9.59 Å². The van der Waals surface area contributed by atoms with Crippen molar-refractivity contribution in [3.05, 3.63) is 28.2 Å². The van der Waals surface area contributed by atoms with Gasteiger partial charge in [0.05, 0.1) is 23.8 Å². The van der Waals surface area contributed by atoms with Crippen molar-refractivity contribution in [3.63, 3.8) is 0 Å². The fraction of sp³-hybridized carbons (Fsp3) is 0.579. The van der Waals surface area contributed by atoms with Crippen LogP contribution < -0.4 is 10.6 Å². The Bertz CT molecular complexity index is 676. The van der Waals surface area contributed by atoms with Crippen LogP contribution in [0.3, 0.4) is 0 Å². The van der Waals surface area contributed by atoms with Gasteiger partial charge in [0.15, 0.2) is 0 Å². The lowest BCUT2D eigenvalue weighted by Gasteiger charge is -2.25. The zero-order valence-electron chi connectivity index (χ0n) is 16.1. The van der Waals surface area contributed by atoms with E-state index < -0.39 is 0 Å². The van der Waals surface area contributed by atoms with Gasteiger partial charge in [-0.25, -0.2) is 0 Å². The van der Waals surface area contributed by atoms with Gasteiger partial charge in [0, 0.05) is 23.7 Å². The molecule has 0 aliphatic carbocycles. The van der Waals surface area contributed by atoms with Crippen molar-refractivity contribution in [2.75, 3.05) is 44.6 Å². The highest BCUT2D eigenvalue weighted by atomic mass is 35.5. The summed E-state index contributed by atoms with van der Waals surface area (Å²) in [6.45, 7) is 9.73. The van der Waals surface area contributed by atoms with E-state index in [4.69, 9.17) is 23.2 Å². The molecule has 1 aromatic carbocycles. The molecular formula is C19H28Cl2N4O2. The van der Waals surface area contributed by atoms with E-state index in [1.807, 2.05) is 20.8 Å². The molecule has 1 fully saturated rings. The van der Waals surface area contributed by atoms with E-state index >= 15 is 0 Å². The molecule has 0 unspecified atom stereocenters. The molecule has 2 rings (SSSR count). The summed E-state index contributed by atoms with van der Waals surface area (Å²) >= 11 is 12.0. The normalized spacial score (nSPS) is 16.6. The van der Waals surface area contributed by atoms with Gasteiger partial charge in [-0.15, -0.1) is 0 Å². The third-order valence-corrected chi connectivity index (χ3v) is 4.70. The fourth-order valence-corrected chi connectivity index (χ4v) is 3.32. The molecule has 27 heavy (non-hydrogen) atoms. The Morgan fingerprint density at radius 2 is 1.59 bits per heavy atom. The van der Waals surface area contributed by atoms with Crippen LogP contribution in [0.25, 0.3) is 0 Å². The lowest BCUT2D eigenvalue weighted by Crippen LogP contribution is -2.46. The summed E-state index contributed by atoms with van der Waals surface area (Å²) in [5.74, 6) is -0.0950. The molecule has 6 nitrogen and oxygen atoms in total. The van der Waals surface area contributed by atoms with E-state index in [0.29, 0.717) is 22.3 Å². The Morgan fingerprint density at radius 1 is 1.00 bits per heavy atom. The molecule has 0 saturated carbocycles. The van der Waals surface area contributed by atoms with Crippen molar-refractivity contribution in [1.82, 2.24) is 15.1 Å². The van der Waals surface area contributed by atoms with E-state index in [9.17, 15) is 9.59 Å². The monoisotopic (exact) mass is 414 g/mol. The van der Waals surface area contributed by atoms with Gasteiger partial charge in [0.25, 0.3) is 0 Å². The summed E-state index contributed by atoms with van der Waals surface area (Å²) in [4.78, 5) is 28.7. The number of nitrogens with zero attached hydrogens (tertiary/aromatic N) is 2. The van der Waals surface area contributed by atoms with Crippen LogP contribution in [0.5, 0.6) is 0 Å². The predicted molar refractivity (Wildman–Crippen MR) is 110 cm³/mol. The molecule has 0 radical (unpaired) electrons. The van der Waals surface area contributed by atoms with Crippen LogP contribution in [0, 0.1) is 0 Å². The number of halogens is 2. The van der Waals surface area contributed by atoms with E-state index in [1.54, 1.807) is 18.2 Å². The second-order valence-electron chi connectivity index (χ2n) is 7.88. The topological polar surface area (TPSA) is 64.7 Å². The maximum absolute atomic E-state index is 12.3. The molecule has 0 bridgehead atoms. The number of hydrogen-bond donors (Lipinski definition) is 2. The minimum atomic E-state index is -0.228. The number of nitrogens with one attached hydrogen (secondary N) is 2. The number of amides is 2. The highest BCUT2D eigenvalue weighted by Gasteiger charge is 2.21. The highest BCUT2D eigenvalue weighted by Crippen LogP contribution is 2.25. The van der Waals surface area contributed by atoms with Crippen molar-refractivity contribution in [1.29, 1.82) is 0 Å². The largest absolute Gasteiger partial charge is 0.350 e. The Labute approximate surface area is 171 Å². The van der Waals surface area contributed by atoms with Crippen LogP contribution in [0.4, 0.5) is 5.69 Å². The average molecular weight is 415 g/mol. The molecule has 150 valence electrons. The quantitative estimate of drug-likeness (QED) is 0.777.